The number of benzene rings is 2. The summed E-state index contributed by atoms with van der Waals surface area (Å²) >= 11 is 3.30. The second kappa shape index (κ2) is 29.2. The molecule has 0 spiro atoms. The molecule has 2 aromatic carbocycles. The minimum Gasteiger partial charge on any atom is -0.463 e. The lowest BCUT2D eigenvalue weighted by Crippen LogP contribution is -2.68. The van der Waals surface area contributed by atoms with Gasteiger partial charge in [-0.2, -0.15) is 0 Å². The van der Waals surface area contributed by atoms with Gasteiger partial charge < -0.3 is 75.8 Å². The molecule has 77 heavy (non-hydrogen) atoms. The summed E-state index contributed by atoms with van der Waals surface area (Å²) in [4.78, 5) is 129. The van der Waals surface area contributed by atoms with Crippen molar-refractivity contribution in [3.05, 3.63) is 71.8 Å². The fourth-order valence-corrected chi connectivity index (χ4v) is 8.41. The third-order valence-corrected chi connectivity index (χ3v) is 11.4. The first kappa shape index (κ1) is 61.2. The summed E-state index contributed by atoms with van der Waals surface area (Å²) < 4.78 is 94.5. The van der Waals surface area contributed by atoms with Gasteiger partial charge in [0.05, 0.1) is 24.3 Å². The van der Waals surface area contributed by atoms with Crippen molar-refractivity contribution in [2.45, 2.75) is 148 Å². The molecule has 0 unspecified atom stereocenters. The fraction of sp³-hybridized carbons (Fsp3) is 0.560. The third-order valence-electron chi connectivity index (χ3n) is 11.1. The van der Waals surface area contributed by atoms with Crippen LogP contribution in [0.1, 0.15) is 76.1 Å². The Balaban J connectivity index is 1.72. The van der Waals surface area contributed by atoms with E-state index in [1.54, 1.807) is 24.3 Å². The highest BCUT2D eigenvalue weighted by Crippen LogP contribution is 2.38. The molecule has 3 saturated heterocycles. The smallest absolute Gasteiger partial charge is 0.338 e. The Hall–Kier alpha value is -6.62. The summed E-state index contributed by atoms with van der Waals surface area (Å²) in [5.41, 5.74) is -0.0296. The maximum absolute atomic E-state index is 14.4. The average Bonchev–Trinajstić information content (AvgIpc) is 3.36. The Bertz CT molecular complexity index is 2390. The van der Waals surface area contributed by atoms with Gasteiger partial charge in [0.15, 0.2) is 67.7 Å². The standard InChI is InChI=1S/C50H59BrO26/c1-24(52)63-21-34-37(66-26(3)54)40(68-28(5)56)43(70-30(7)58)49(73-34)65-23-36-39(75-46(60)32-15-11-9-12-16-32)42(44(48(72-36)62-20-19-51)76-47(61)33-17-13-10-14-18-33)77-50-45(71-31(8)59)41(69-29(6)57)38(67-27(4)55)35(74-50)22-64-25(2)53/h9-18,34-45,48-50H,19-23H2,1-8H3/t34-,35-,36-,37-,38-,39-,40+,41+,42+,43+,44+,45+,48+,49+,50-/m1/s1. The lowest BCUT2D eigenvalue weighted by molar-refractivity contribution is -0.365. The maximum atomic E-state index is 14.4. The Morgan fingerprint density at radius 1 is 0.377 bits per heavy atom. The molecule has 26 nitrogen and oxygen atoms in total. The van der Waals surface area contributed by atoms with E-state index in [1.165, 1.54) is 36.4 Å². The minimum atomic E-state index is -2.02. The van der Waals surface area contributed by atoms with Crippen molar-refractivity contribution in [3.8, 4) is 0 Å². The molecule has 0 radical (unpaired) electrons. The van der Waals surface area contributed by atoms with Crippen molar-refractivity contribution in [3.63, 3.8) is 0 Å². The minimum absolute atomic E-state index is 0.00438. The summed E-state index contributed by atoms with van der Waals surface area (Å²) in [5.74, 6) is -9.38. The zero-order valence-corrected chi connectivity index (χ0v) is 44.5. The van der Waals surface area contributed by atoms with Crippen molar-refractivity contribution < 1.29 is 124 Å². The summed E-state index contributed by atoms with van der Waals surface area (Å²) in [6.45, 7) is 5.93. The highest BCUT2D eigenvalue weighted by atomic mass is 79.9. The fourth-order valence-electron chi connectivity index (χ4n) is 8.23. The molecule has 15 atom stereocenters. The number of esters is 10. The Labute approximate surface area is 449 Å². The number of alkyl halides is 1. The summed E-state index contributed by atoms with van der Waals surface area (Å²) in [7, 11) is 0. The number of ether oxygens (including phenoxy) is 16. The molecule has 3 fully saturated rings. The van der Waals surface area contributed by atoms with Gasteiger partial charge in [-0.25, -0.2) is 9.59 Å². The molecule has 3 aliphatic heterocycles. The first-order chi connectivity index (χ1) is 36.6. The molecular formula is C50H59BrO26. The number of carbonyl (C=O) groups is 10. The Kier molecular flexibility index (Phi) is 23.2. The summed E-state index contributed by atoms with van der Waals surface area (Å²) in [5, 5.41) is 0.149. The van der Waals surface area contributed by atoms with Crippen LogP contribution in [0.15, 0.2) is 60.7 Å². The lowest BCUT2D eigenvalue weighted by atomic mass is 9.95. The van der Waals surface area contributed by atoms with Crippen LogP contribution in [-0.4, -0.2) is 184 Å². The third kappa shape index (κ3) is 18.0. The molecule has 0 saturated carbocycles. The summed E-state index contributed by atoms with van der Waals surface area (Å²) in [6.07, 6.45) is -26.3. The van der Waals surface area contributed by atoms with Gasteiger partial charge in [-0.15, -0.1) is 0 Å². The zero-order chi connectivity index (χ0) is 56.5. The molecule has 5 rings (SSSR count). The molecule has 0 aliphatic carbocycles. The number of rotatable bonds is 22. The zero-order valence-electron chi connectivity index (χ0n) is 43.0. The predicted octanol–water partition coefficient (Wildman–Crippen LogP) is 2.14. The van der Waals surface area contributed by atoms with Gasteiger partial charge >= 0.3 is 59.7 Å². The topological polar surface area (TPSA) is 318 Å². The molecule has 27 heteroatoms. The van der Waals surface area contributed by atoms with Crippen LogP contribution in [0.2, 0.25) is 0 Å². The van der Waals surface area contributed by atoms with Gasteiger partial charge in [-0.1, -0.05) is 52.3 Å². The largest absolute Gasteiger partial charge is 0.463 e. The van der Waals surface area contributed by atoms with Crippen LogP contribution >= 0.6 is 15.9 Å². The van der Waals surface area contributed by atoms with Crippen LogP contribution in [0, 0.1) is 0 Å². The van der Waals surface area contributed by atoms with Gasteiger partial charge in [0.1, 0.15) is 37.6 Å². The second-order valence-corrected chi connectivity index (χ2v) is 17.9. The molecule has 3 aliphatic rings. The van der Waals surface area contributed by atoms with Crippen LogP contribution in [-0.2, 0) is 114 Å². The van der Waals surface area contributed by atoms with Crippen LogP contribution in [0.3, 0.4) is 0 Å². The Morgan fingerprint density at radius 3 is 1.10 bits per heavy atom. The van der Waals surface area contributed by atoms with Gasteiger partial charge in [-0.3, -0.25) is 38.4 Å². The van der Waals surface area contributed by atoms with Crippen molar-refractivity contribution in [2.75, 3.05) is 31.8 Å². The first-order valence-electron chi connectivity index (χ1n) is 23.8. The molecular weight excluding hydrogens is 1100 g/mol. The van der Waals surface area contributed by atoms with Crippen LogP contribution < -0.4 is 0 Å². The van der Waals surface area contributed by atoms with Crippen molar-refractivity contribution in [2.24, 2.45) is 0 Å². The second-order valence-electron chi connectivity index (χ2n) is 17.1. The monoisotopic (exact) mass is 1150 g/mol. The van der Waals surface area contributed by atoms with Crippen molar-refractivity contribution >= 4 is 75.6 Å². The predicted molar refractivity (Wildman–Crippen MR) is 254 cm³/mol. The van der Waals surface area contributed by atoms with E-state index in [0.717, 1.165) is 55.4 Å². The van der Waals surface area contributed by atoms with E-state index >= 15 is 0 Å². The first-order valence-corrected chi connectivity index (χ1v) is 24.9. The average molecular weight is 1160 g/mol. The normalized spacial score (nSPS) is 28.7. The van der Waals surface area contributed by atoms with E-state index < -0.39 is 172 Å². The van der Waals surface area contributed by atoms with Crippen LogP contribution in [0.4, 0.5) is 0 Å². The van der Waals surface area contributed by atoms with E-state index in [4.69, 9.17) is 75.8 Å². The van der Waals surface area contributed by atoms with Gasteiger partial charge in [-0.05, 0) is 24.3 Å². The van der Waals surface area contributed by atoms with Gasteiger partial charge in [0.25, 0.3) is 0 Å². The number of hydrogen-bond acceptors (Lipinski definition) is 26. The maximum Gasteiger partial charge on any atom is 0.338 e. The molecule has 0 aromatic heterocycles. The molecule has 2 aromatic rings. The summed E-state index contributed by atoms with van der Waals surface area (Å²) in [6, 6.07) is 15.0. The van der Waals surface area contributed by atoms with Crippen LogP contribution in [0.25, 0.3) is 0 Å². The van der Waals surface area contributed by atoms with E-state index in [1.807, 2.05) is 0 Å². The number of hydrogen-bond donors (Lipinski definition) is 0. The molecule has 0 bridgehead atoms. The van der Waals surface area contributed by atoms with E-state index in [9.17, 15) is 47.9 Å². The van der Waals surface area contributed by atoms with Gasteiger partial charge in [0.2, 0.25) is 0 Å². The number of halogens is 1. The Morgan fingerprint density at radius 2 is 0.701 bits per heavy atom. The van der Waals surface area contributed by atoms with Crippen LogP contribution in [0.5, 0.6) is 0 Å². The molecule has 422 valence electrons. The van der Waals surface area contributed by atoms with E-state index in [2.05, 4.69) is 15.9 Å². The molecule has 0 N–H and O–H groups in total. The van der Waals surface area contributed by atoms with E-state index in [0.29, 0.717) is 0 Å². The van der Waals surface area contributed by atoms with E-state index in [-0.39, 0.29) is 23.1 Å². The lowest BCUT2D eigenvalue weighted by Gasteiger charge is -2.49. The van der Waals surface area contributed by atoms with Crippen molar-refractivity contribution in [1.29, 1.82) is 0 Å². The molecule has 3 heterocycles. The van der Waals surface area contributed by atoms with Gasteiger partial charge in [0, 0.05) is 60.7 Å². The molecule has 0 amide bonds. The SMILES string of the molecule is CC(=O)OC[C@H]1O[C@H](OC[C@H]2O[C@H](OCCBr)[C@@H](OC(=O)c3ccccc3)[C@@H](O[C@H]3O[C@H](COC(C)=O)[C@@H](OC(C)=O)[C@H](OC(C)=O)[C@@H]3OC(C)=O)[C@@H]2OC(=O)c2ccccc2)[C@@H](OC(C)=O)[C@@H](OC(C)=O)[C@@H]1OC(C)=O. The highest BCUT2D eigenvalue weighted by molar-refractivity contribution is 9.09. The quantitative estimate of drug-likeness (QED) is 0.0926. The highest BCUT2D eigenvalue weighted by Gasteiger charge is 2.59. The number of carbonyl (C=O) groups excluding carboxylic acids is 10. The van der Waals surface area contributed by atoms with Crippen molar-refractivity contribution in [1.82, 2.24) is 0 Å².